The lowest BCUT2D eigenvalue weighted by Crippen LogP contribution is -2.40. The Morgan fingerprint density at radius 2 is 2.10 bits per heavy atom. The summed E-state index contributed by atoms with van der Waals surface area (Å²) in [6.45, 7) is 1.96. The summed E-state index contributed by atoms with van der Waals surface area (Å²) in [5.74, 6) is -0.804. The highest BCUT2D eigenvalue weighted by molar-refractivity contribution is 5.97. The van der Waals surface area contributed by atoms with Gasteiger partial charge in [-0.2, -0.15) is 13.2 Å². The molecule has 2 N–H and O–H groups in total. The Balaban J connectivity index is 3.25. The molecule has 0 amide bonds. The summed E-state index contributed by atoms with van der Waals surface area (Å²) in [6, 6.07) is 0.816. The zero-order chi connectivity index (χ0) is 15.5. The number of alkyl halides is 3. The molecule has 20 heavy (non-hydrogen) atoms. The van der Waals surface area contributed by atoms with Crippen molar-refractivity contribution in [2.45, 2.75) is 26.1 Å². The van der Waals surface area contributed by atoms with E-state index in [2.05, 4.69) is 9.72 Å². The first kappa shape index (κ1) is 16.1. The summed E-state index contributed by atoms with van der Waals surface area (Å²) >= 11 is 0. The number of pyridine rings is 1. The van der Waals surface area contributed by atoms with Crippen molar-refractivity contribution < 1.29 is 22.7 Å². The highest BCUT2D eigenvalue weighted by Crippen LogP contribution is 2.29. The molecule has 1 rings (SSSR count). The SMILES string of the molecule is COC(=O)c1ccnc(N(CC(F)(F)F)C(C)C)c1N. The molecule has 1 aromatic rings. The molecule has 112 valence electrons. The van der Waals surface area contributed by atoms with Crippen LogP contribution in [0.5, 0.6) is 0 Å². The van der Waals surface area contributed by atoms with Gasteiger partial charge in [-0.25, -0.2) is 9.78 Å². The number of nitrogen functional groups attached to an aromatic ring is 1. The molecule has 1 heterocycles. The number of anilines is 2. The van der Waals surface area contributed by atoms with Crippen molar-refractivity contribution >= 4 is 17.5 Å². The van der Waals surface area contributed by atoms with Gasteiger partial charge in [0.2, 0.25) is 0 Å². The minimum absolute atomic E-state index is 0.00896. The van der Waals surface area contributed by atoms with Gasteiger partial charge in [-0.1, -0.05) is 0 Å². The zero-order valence-electron chi connectivity index (χ0n) is 11.4. The quantitative estimate of drug-likeness (QED) is 0.862. The zero-order valence-corrected chi connectivity index (χ0v) is 11.4. The smallest absolute Gasteiger partial charge is 0.405 e. The minimum Gasteiger partial charge on any atom is -0.465 e. The Labute approximate surface area is 114 Å². The van der Waals surface area contributed by atoms with Crippen LogP contribution in [0.2, 0.25) is 0 Å². The standard InChI is InChI=1S/C12H16F3N3O2/c1-7(2)18(6-12(13,14)15)10-9(16)8(4-5-17-10)11(19)20-3/h4-5,7H,6,16H2,1-3H3. The molecular formula is C12H16F3N3O2. The maximum absolute atomic E-state index is 12.6. The summed E-state index contributed by atoms with van der Waals surface area (Å²) in [6.07, 6.45) is -3.18. The Bertz CT molecular complexity index is 489. The van der Waals surface area contributed by atoms with Crippen molar-refractivity contribution in [3.8, 4) is 0 Å². The van der Waals surface area contributed by atoms with Crippen molar-refractivity contribution in [3.05, 3.63) is 17.8 Å². The molecule has 0 spiro atoms. The number of carbonyl (C=O) groups excluding carboxylic acids is 1. The van der Waals surface area contributed by atoms with E-state index in [1.165, 1.54) is 12.3 Å². The lowest BCUT2D eigenvalue weighted by Gasteiger charge is -2.30. The van der Waals surface area contributed by atoms with Crippen LogP contribution in [0.3, 0.4) is 0 Å². The second-order valence-electron chi connectivity index (χ2n) is 4.42. The maximum Gasteiger partial charge on any atom is 0.405 e. The summed E-state index contributed by atoms with van der Waals surface area (Å²) in [4.78, 5) is 16.3. The molecule has 0 aliphatic heterocycles. The highest BCUT2D eigenvalue weighted by atomic mass is 19.4. The maximum atomic E-state index is 12.6. The van der Waals surface area contributed by atoms with Crippen LogP contribution in [-0.2, 0) is 4.74 Å². The highest BCUT2D eigenvalue weighted by Gasteiger charge is 2.33. The summed E-state index contributed by atoms with van der Waals surface area (Å²) in [5.41, 5.74) is 5.61. The fraction of sp³-hybridized carbons (Fsp3) is 0.500. The Hall–Kier alpha value is -1.99. The van der Waals surface area contributed by atoms with Gasteiger partial charge in [0.1, 0.15) is 6.54 Å². The van der Waals surface area contributed by atoms with Crippen molar-refractivity contribution in [2.24, 2.45) is 0 Å². The number of esters is 1. The van der Waals surface area contributed by atoms with Crippen LogP contribution in [0.1, 0.15) is 24.2 Å². The number of carbonyl (C=O) groups is 1. The normalized spacial score (nSPS) is 11.6. The molecule has 0 aliphatic rings. The van der Waals surface area contributed by atoms with Gasteiger partial charge in [0.25, 0.3) is 0 Å². The first-order valence-corrected chi connectivity index (χ1v) is 5.83. The fourth-order valence-electron chi connectivity index (χ4n) is 1.67. The average molecular weight is 291 g/mol. The number of ether oxygens (including phenoxy) is 1. The fourth-order valence-corrected chi connectivity index (χ4v) is 1.67. The molecule has 0 saturated carbocycles. The molecule has 5 nitrogen and oxygen atoms in total. The predicted octanol–water partition coefficient (Wildman–Crippen LogP) is 2.23. The van der Waals surface area contributed by atoms with Gasteiger partial charge in [-0.15, -0.1) is 0 Å². The van der Waals surface area contributed by atoms with Crippen LogP contribution >= 0.6 is 0 Å². The first-order valence-electron chi connectivity index (χ1n) is 5.83. The van der Waals surface area contributed by atoms with Crippen molar-refractivity contribution in [2.75, 3.05) is 24.3 Å². The predicted molar refractivity (Wildman–Crippen MR) is 68.5 cm³/mol. The number of halogens is 3. The van der Waals surface area contributed by atoms with Crippen LogP contribution in [0.25, 0.3) is 0 Å². The lowest BCUT2D eigenvalue weighted by molar-refractivity contribution is -0.120. The van der Waals surface area contributed by atoms with E-state index in [4.69, 9.17) is 5.73 Å². The van der Waals surface area contributed by atoms with Crippen LogP contribution < -0.4 is 10.6 Å². The van der Waals surface area contributed by atoms with Gasteiger partial charge in [-0.3, -0.25) is 0 Å². The first-order chi connectivity index (χ1) is 9.17. The van der Waals surface area contributed by atoms with Gasteiger partial charge in [0, 0.05) is 12.2 Å². The van der Waals surface area contributed by atoms with Crippen molar-refractivity contribution in [1.82, 2.24) is 4.98 Å². The molecule has 8 heteroatoms. The monoisotopic (exact) mass is 291 g/mol. The van der Waals surface area contributed by atoms with E-state index in [1.54, 1.807) is 13.8 Å². The molecule has 1 aromatic heterocycles. The molecule has 0 saturated heterocycles. The van der Waals surface area contributed by atoms with Crippen LogP contribution in [0.15, 0.2) is 12.3 Å². The van der Waals surface area contributed by atoms with Gasteiger partial charge in [-0.05, 0) is 19.9 Å². The summed E-state index contributed by atoms with van der Waals surface area (Å²) in [7, 11) is 1.16. The van der Waals surface area contributed by atoms with E-state index in [9.17, 15) is 18.0 Å². The molecule has 0 unspecified atom stereocenters. The van der Waals surface area contributed by atoms with E-state index in [0.717, 1.165) is 12.0 Å². The third-order valence-electron chi connectivity index (χ3n) is 2.62. The average Bonchev–Trinajstić information content (AvgIpc) is 2.34. The number of nitrogens with two attached hydrogens (primary N) is 1. The Morgan fingerprint density at radius 1 is 1.50 bits per heavy atom. The molecular weight excluding hydrogens is 275 g/mol. The lowest BCUT2D eigenvalue weighted by atomic mass is 10.2. The molecule has 0 radical (unpaired) electrons. The third-order valence-corrected chi connectivity index (χ3v) is 2.62. The second-order valence-corrected chi connectivity index (χ2v) is 4.42. The third kappa shape index (κ3) is 3.75. The van der Waals surface area contributed by atoms with E-state index < -0.39 is 24.7 Å². The number of hydrogen-bond acceptors (Lipinski definition) is 5. The molecule has 0 aliphatic carbocycles. The van der Waals surface area contributed by atoms with Gasteiger partial charge in [0.05, 0.1) is 18.4 Å². The largest absolute Gasteiger partial charge is 0.465 e. The number of rotatable bonds is 4. The topological polar surface area (TPSA) is 68.5 Å². The molecule has 0 fully saturated rings. The van der Waals surface area contributed by atoms with Crippen LogP contribution in [0, 0.1) is 0 Å². The van der Waals surface area contributed by atoms with E-state index in [0.29, 0.717) is 0 Å². The van der Waals surface area contributed by atoms with Gasteiger partial charge in [0.15, 0.2) is 5.82 Å². The second kappa shape index (κ2) is 5.98. The molecule has 0 atom stereocenters. The van der Waals surface area contributed by atoms with Crippen LogP contribution in [-0.4, -0.2) is 36.8 Å². The Morgan fingerprint density at radius 3 is 2.55 bits per heavy atom. The van der Waals surface area contributed by atoms with Crippen molar-refractivity contribution in [1.29, 1.82) is 0 Å². The summed E-state index contributed by atoms with van der Waals surface area (Å²) in [5, 5.41) is 0. The van der Waals surface area contributed by atoms with E-state index in [1.807, 2.05) is 0 Å². The number of nitrogens with zero attached hydrogens (tertiary/aromatic N) is 2. The van der Waals surface area contributed by atoms with E-state index >= 15 is 0 Å². The molecule has 0 bridgehead atoms. The number of aromatic nitrogens is 1. The van der Waals surface area contributed by atoms with E-state index in [-0.39, 0.29) is 17.1 Å². The van der Waals surface area contributed by atoms with Gasteiger partial charge >= 0.3 is 12.1 Å². The summed E-state index contributed by atoms with van der Waals surface area (Å²) < 4.78 is 42.3. The van der Waals surface area contributed by atoms with Crippen LogP contribution in [0.4, 0.5) is 24.7 Å². The van der Waals surface area contributed by atoms with Gasteiger partial charge < -0.3 is 15.4 Å². The minimum atomic E-state index is -4.40. The Kier molecular flexibility index (Phi) is 4.80. The number of hydrogen-bond donors (Lipinski definition) is 1. The number of methoxy groups -OCH3 is 1. The van der Waals surface area contributed by atoms with Crippen molar-refractivity contribution in [3.63, 3.8) is 0 Å². The molecule has 0 aromatic carbocycles.